The topological polar surface area (TPSA) is 50.2 Å². The van der Waals surface area contributed by atoms with Crippen LogP contribution in [0, 0.1) is 0 Å². The molecule has 0 spiro atoms. The van der Waals surface area contributed by atoms with Crippen molar-refractivity contribution >= 4 is 21.8 Å². The minimum atomic E-state index is 0.0567. The first kappa shape index (κ1) is 15.2. The van der Waals surface area contributed by atoms with Gasteiger partial charge >= 0.3 is 0 Å². The lowest BCUT2D eigenvalue weighted by molar-refractivity contribution is 0.0698. The number of aromatic nitrogens is 2. The number of halogens is 1. The molecule has 3 rings (SSSR count). The van der Waals surface area contributed by atoms with Crippen LogP contribution in [0.25, 0.3) is 5.69 Å². The molecule has 0 aliphatic carbocycles. The molecule has 1 amide bonds. The van der Waals surface area contributed by atoms with Crippen LogP contribution in [0.3, 0.4) is 0 Å². The van der Waals surface area contributed by atoms with Crippen LogP contribution in [-0.4, -0.2) is 46.8 Å². The molecular weight excluding hydrogens is 344 g/mol. The van der Waals surface area contributed by atoms with E-state index < -0.39 is 0 Å². The first-order valence-corrected chi connectivity index (χ1v) is 8.24. The zero-order valence-electron chi connectivity index (χ0n) is 12.5. The fraction of sp³-hybridized carbons (Fsp3) is 0.375. The van der Waals surface area contributed by atoms with Gasteiger partial charge in [-0.25, -0.2) is 4.68 Å². The van der Waals surface area contributed by atoms with Crippen LogP contribution in [0.5, 0.6) is 0 Å². The number of benzene rings is 1. The molecule has 22 heavy (non-hydrogen) atoms. The number of hydrogen-bond donors (Lipinski definition) is 1. The van der Waals surface area contributed by atoms with Crippen LogP contribution in [0.2, 0.25) is 0 Å². The Kier molecular flexibility index (Phi) is 4.59. The maximum Gasteiger partial charge on any atom is 0.257 e. The molecular formula is C16H19BrN4O. The van der Waals surface area contributed by atoms with E-state index in [1.54, 1.807) is 17.1 Å². The second-order valence-electron chi connectivity index (χ2n) is 5.53. The van der Waals surface area contributed by atoms with Crippen LogP contribution in [-0.2, 0) is 0 Å². The Hall–Kier alpha value is -1.66. The van der Waals surface area contributed by atoms with Gasteiger partial charge in [0.05, 0.1) is 17.4 Å². The van der Waals surface area contributed by atoms with Gasteiger partial charge in [0, 0.05) is 29.8 Å². The summed E-state index contributed by atoms with van der Waals surface area (Å²) in [7, 11) is 1.95. The van der Waals surface area contributed by atoms with Gasteiger partial charge in [0.1, 0.15) is 0 Å². The number of carbonyl (C=O) groups excluding carboxylic acids is 1. The maximum atomic E-state index is 12.6. The van der Waals surface area contributed by atoms with Crippen molar-refractivity contribution in [3.8, 4) is 5.69 Å². The predicted molar refractivity (Wildman–Crippen MR) is 89.2 cm³/mol. The van der Waals surface area contributed by atoms with Gasteiger partial charge in [0.15, 0.2) is 0 Å². The highest BCUT2D eigenvalue weighted by atomic mass is 79.9. The van der Waals surface area contributed by atoms with Gasteiger partial charge in [-0.15, -0.1) is 0 Å². The molecule has 1 N–H and O–H groups in total. The van der Waals surface area contributed by atoms with Crippen molar-refractivity contribution in [3.63, 3.8) is 0 Å². The van der Waals surface area contributed by atoms with Crippen molar-refractivity contribution in [1.82, 2.24) is 20.0 Å². The highest BCUT2D eigenvalue weighted by Crippen LogP contribution is 2.17. The molecule has 1 aromatic heterocycles. The van der Waals surface area contributed by atoms with E-state index in [1.165, 1.54) is 0 Å². The summed E-state index contributed by atoms with van der Waals surface area (Å²) in [4.78, 5) is 14.5. The van der Waals surface area contributed by atoms with E-state index in [4.69, 9.17) is 0 Å². The van der Waals surface area contributed by atoms with Gasteiger partial charge in [-0.2, -0.15) is 5.10 Å². The third-order valence-electron chi connectivity index (χ3n) is 4.02. The van der Waals surface area contributed by atoms with Crippen LogP contribution in [0.4, 0.5) is 0 Å². The molecule has 1 atom stereocenters. The molecule has 2 aromatic rings. The van der Waals surface area contributed by atoms with Crippen molar-refractivity contribution in [2.45, 2.75) is 18.9 Å². The number of rotatable bonds is 3. The average molecular weight is 363 g/mol. The molecule has 0 saturated carbocycles. The first-order chi connectivity index (χ1) is 10.7. The van der Waals surface area contributed by atoms with E-state index in [0.717, 1.165) is 36.1 Å². The standard InChI is InChI=1S/C16H19BrN4O/c1-18-14-5-3-7-20(11-14)16(22)12-9-19-21(10-12)15-6-2-4-13(17)8-15/h2,4,6,8-10,14,18H,3,5,7,11H2,1H3/t14-/m1/s1. The Balaban J connectivity index is 1.77. The monoisotopic (exact) mass is 362 g/mol. The van der Waals surface area contributed by atoms with Gasteiger partial charge in [-0.3, -0.25) is 4.79 Å². The van der Waals surface area contributed by atoms with Gasteiger partial charge in [0.25, 0.3) is 5.91 Å². The number of likely N-dealkylation sites (tertiary alicyclic amines) is 1. The summed E-state index contributed by atoms with van der Waals surface area (Å²) in [5.74, 6) is 0.0567. The lowest BCUT2D eigenvalue weighted by atomic mass is 10.1. The number of nitrogens with zero attached hydrogens (tertiary/aromatic N) is 3. The number of amides is 1. The van der Waals surface area contributed by atoms with E-state index in [0.29, 0.717) is 11.6 Å². The number of carbonyl (C=O) groups is 1. The van der Waals surface area contributed by atoms with E-state index >= 15 is 0 Å². The summed E-state index contributed by atoms with van der Waals surface area (Å²) in [6.45, 7) is 1.58. The van der Waals surface area contributed by atoms with Crippen molar-refractivity contribution in [3.05, 3.63) is 46.7 Å². The zero-order chi connectivity index (χ0) is 15.5. The number of piperidine rings is 1. The molecule has 6 heteroatoms. The molecule has 1 aromatic carbocycles. The van der Waals surface area contributed by atoms with Gasteiger partial charge in [-0.1, -0.05) is 22.0 Å². The Labute approximate surface area is 138 Å². The van der Waals surface area contributed by atoms with E-state index in [1.807, 2.05) is 36.2 Å². The van der Waals surface area contributed by atoms with Gasteiger partial charge in [-0.05, 0) is 38.1 Å². The molecule has 1 aliphatic rings. The second kappa shape index (κ2) is 6.62. The van der Waals surface area contributed by atoms with Crippen LogP contribution < -0.4 is 5.32 Å². The van der Waals surface area contributed by atoms with Crippen molar-refractivity contribution < 1.29 is 4.79 Å². The minimum Gasteiger partial charge on any atom is -0.337 e. The summed E-state index contributed by atoms with van der Waals surface area (Å²) in [5.41, 5.74) is 1.57. The van der Waals surface area contributed by atoms with Gasteiger partial charge in [0.2, 0.25) is 0 Å². The van der Waals surface area contributed by atoms with Gasteiger partial charge < -0.3 is 10.2 Å². The Morgan fingerprint density at radius 3 is 3.09 bits per heavy atom. The summed E-state index contributed by atoms with van der Waals surface area (Å²) >= 11 is 3.45. The quantitative estimate of drug-likeness (QED) is 0.912. The van der Waals surface area contributed by atoms with Crippen molar-refractivity contribution in [2.75, 3.05) is 20.1 Å². The lowest BCUT2D eigenvalue weighted by Crippen LogP contribution is -2.46. The lowest BCUT2D eigenvalue weighted by Gasteiger charge is -2.32. The summed E-state index contributed by atoms with van der Waals surface area (Å²) in [6.07, 6.45) is 5.61. The van der Waals surface area contributed by atoms with E-state index in [-0.39, 0.29) is 5.91 Å². The normalized spacial score (nSPS) is 18.5. The number of likely N-dealkylation sites (N-methyl/N-ethyl adjacent to an activating group) is 1. The maximum absolute atomic E-state index is 12.6. The van der Waals surface area contributed by atoms with Crippen LogP contribution in [0.15, 0.2) is 41.1 Å². The molecule has 0 radical (unpaired) electrons. The summed E-state index contributed by atoms with van der Waals surface area (Å²) < 4.78 is 2.72. The Morgan fingerprint density at radius 2 is 2.32 bits per heavy atom. The average Bonchev–Trinajstić information content (AvgIpc) is 3.04. The van der Waals surface area contributed by atoms with Crippen LogP contribution in [0.1, 0.15) is 23.2 Å². The van der Waals surface area contributed by atoms with Crippen molar-refractivity contribution in [1.29, 1.82) is 0 Å². The molecule has 1 aliphatic heterocycles. The fourth-order valence-electron chi connectivity index (χ4n) is 2.77. The number of hydrogen-bond acceptors (Lipinski definition) is 3. The molecule has 116 valence electrons. The molecule has 1 saturated heterocycles. The second-order valence-corrected chi connectivity index (χ2v) is 6.45. The Bertz CT molecular complexity index is 670. The molecule has 0 unspecified atom stereocenters. The fourth-order valence-corrected chi connectivity index (χ4v) is 3.16. The predicted octanol–water partition coefficient (Wildman–Crippen LogP) is 2.46. The van der Waals surface area contributed by atoms with E-state index in [9.17, 15) is 4.79 Å². The summed E-state index contributed by atoms with van der Waals surface area (Å²) in [6, 6.07) is 8.23. The molecule has 2 heterocycles. The van der Waals surface area contributed by atoms with E-state index in [2.05, 4.69) is 26.3 Å². The Morgan fingerprint density at radius 1 is 1.45 bits per heavy atom. The molecule has 0 bridgehead atoms. The highest BCUT2D eigenvalue weighted by Gasteiger charge is 2.24. The van der Waals surface area contributed by atoms with Crippen molar-refractivity contribution in [2.24, 2.45) is 0 Å². The molecule has 1 fully saturated rings. The number of nitrogens with one attached hydrogen (secondary N) is 1. The highest BCUT2D eigenvalue weighted by molar-refractivity contribution is 9.10. The summed E-state index contributed by atoms with van der Waals surface area (Å²) in [5, 5.41) is 7.57. The smallest absolute Gasteiger partial charge is 0.257 e. The molecule has 5 nitrogen and oxygen atoms in total. The SMILES string of the molecule is CN[C@@H]1CCCN(C(=O)c2cnn(-c3cccc(Br)c3)c2)C1. The minimum absolute atomic E-state index is 0.0567. The third kappa shape index (κ3) is 3.23. The third-order valence-corrected chi connectivity index (χ3v) is 4.51. The zero-order valence-corrected chi connectivity index (χ0v) is 14.1. The largest absolute Gasteiger partial charge is 0.337 e. The van der Waals surface area contributed by atoms with Crippen LogP contribution >= 0.6 is 15.9 Å². The first-order valence-electron chi connectivity index (χ1n) is 7.44.